The standard InChI is InChI=1S/C18H20N4O3/c1-13(20-21-18(24)15-8-10-19-11-9-15)14-4-6-16(7-5-14)25-12-17(23)22(2)3/h4-11H,12H2,1-3H3,(H,21,24)/b20-13+. The first-order valence-corrected chi connectivity index (χ1v) is 7.65. The third-order valence-electron chi connectivity index (χ3n) is 3.40. The third kappa shape index (κ3) is 5.42. The van der Waals surface area contributed by atoms with E-state index >= 15 is 0 Å². The van der Waals surface area contributed by atoms with E-state index in [-0.39, 0.29) is 18.4 Å². The van der Waals surface area contributed by atoms with E-state index in [0.717, 1.165) is 5.56 Å². The van der Waals surface area contributed by atoms with Gasteiger partial charge in [-0.1, -0.05) is 0 Å². The fraction of sp³-hybridized carbons (Fsp3) is 0.222. The summed E-state index contributed by atoms with van der Waals surface area (Å²) in [4.78, 5) is 28.8. The molecule has 0 saturated carbocycles. The first kappa shape index (κ1) is 18.1. The van der Waals surface area contributed by atoms with Crippen LogP contribution in [0.15, 0.2) is 53.9 Å². The highest BCUT2D eigenvalue weighted by atomic mass is 16.5. The van der Waals surface area contributed by atoms with Gasteiger partial charge >= 0.3 is 0 Å². The molecule has 25 heavy (non-hydrogen) atoms. The molecule has 7 heteroatoms. The van der Waals surface area contributed by atoms with Crippen molar-refractivity contribution in [1.82, 2.24) is 15.3 Å². The first-order chi connectivity index (χ1) is 12.0. The largest absolute Gasteiger partial charge is 0.484 e. The summed E-state index contributed by atoms with van der Waals surface area (Å²) < 4.78 is 5.41. The molecular weight excluding hydrogens is 320 g/mol. The molecule has 0 unspecified atom stereocenters. The molecule has 7 nitrogen and oxygen atoms in total. The van der Waals surface area contributed by atoms with Crippen molar-refractivity contribution in [3.63, 3.8) is 0 Å². The Bertz CT molecular complexity index is 756. The monoisotopic (exact) mass is 340 g/mol. The second-order valence-electron chi connectivity index (χ2n) is 5.48. The molecule has 0 radical (unpaired) electrons. The number of nitrogens with one attached hydrogen (secondary N) is 1. The van der Waals surface area contributed by atoms with Gasteiger partial charge in [0, 0.05) is 32.1 Å². The average Bonchev–Trinajstić information content (AvgIpc) is 2.64. The van der Waals surface area contributed by atoms with Gasteiger partial charge in [-0.15, -0.1) is 0 Å². The fourth-order valence-electron chi connectivity index (χ4n) is 1.83. The molecule has 2 rings (SSSR count). The Labute approximate surface area is 146 Å². The lowest BCUT2D eigenvalue weighted by Crippen LogP contribution is -2.27. The van der Waals surface area contributed by atoms with Gasteiger partial charge in [0.2, 0.25) is 0 Å². The predicted octanol–water partition coefficient (Wildman–Crippen LogP) is 1.70. The van der Waals surface area contributed by atoms with Gasteiger partial charge in [0.05, 0.1) is 5.71 Å². The zero-order valence-electron chi connectivity index (χ0n) is 14.4. The average molecular weight is 340 g/mol. The summed E-state index contributed by atoms with van der Waals surface area (Å²) in [6.45, 7) is 1.78. The zero-order valence-corrected chi connectivity index (χ0v) is 14.4. The van der Waals surface area contributed by atoms with Gasteiger partial charge in [-0.25, -0.2) is 5.43 Å². The third-order valence-corrected chi connectivity index (χ3v) is 3.40. The molecule has 1 heterocycles. The summed E-state index contributed by atoms with van der Waals surface area (Å²) in [6.07, 6.45) is 3.09. The van der Waals surface area contributed by atoms with Crippen molar-refractivity contribution in [2.75, 3.05) is 20.7 Å². The number of rotatable bonds is 6. The Hall–Kier alpha value is -3.22. The normalized spacial score (nSPS) is 10.9. The van der Waals surface area contributed by atoms with Crippen molar-refractivity contribution < 1.29 is 14.3 Å². The number of hydrogen-bond donors (Lipinski definition) is 1. The summed E-state index contributed by atoms with van der Waals surface area (Å²) >= 11 is 0. The van der Waals surface area contributed by atoms with Gasteiger partial charge in [-0.05, 0) is 48.9 Å². The lowest BCUT2D eigenvalue weighted by atomic mass is 10.1. The maximum Gasteiger partial charge on any atom is 0.271 e. The van der Waals surface area contributed by atoms with Crippen LogP contribution in [0.2, 0.25) is 0 Å². The number of nitrogens with zero attached hydrogens (tertiary/aromatic N) is 3. The molecule has 130 valence electrons. The van der Waals surface area contributed by atoms with Crippen LogP contribution in [-0.2, 0) is 4.79 Å². The smallest absolute Gasteiger partial charge is 0.271 e. The van der Waals surface area contributed by atoms with E-state index < -0.39 is 0 Å². The number of carbonyl (C=O) groups excluding carboxylic acids is 2. The van der Waals surface area contributed by atoms with Crippen LogP contribution in [-0.4, -0.2) is 48.1 Å². The summed E-state index contributed by atoms with van der Waals surface area (Å²) in [6, 6.07) is 10.4. The lowest BCUT2D eigenvalue weighted by Gasteiger charge is -2.11. The molecule has 0 spiro atoms. The molecule has 0 aliphatic carbocycles. The second-order valence-corrected chi connectivity index (χ2v) is 5.48. The molecule has 0 saturated heterocycles. The summed E-state index contributed by atoms with van der Waals surface area (Å²) in [5.41, 5.74) is 4.48. The number of ether oxygens (including phenoxy) is 1. The van der Waals surface area contributed by atoms with Crippen LogP contribution in [0.5, 0.6) is 5.75 Å². The van der Waals surface area contributed by atoms with E-state index in [0.29, 0.717) is 17.0 Å². The van der Waals surface area contributed by atoms with Gasteiger partial charge in [0.15, 0.2) is 6.61 Å². The topological polar surface area (TPSA) is 83.9 Å². The molecule has 2 aromatic rings. The number of benzene rings is 1. The van der Waals surface area contributed by atoms with Crippen LogP contribution in [0.25, 0.3) is 0 Å². The maximum absolute atomic E-state index is 11.9. The molecule has 1 aromatic carbocycles. The number of likely N-dealkylation sites (N-methyl/N-ethyl adjacent to an activating group) is 1. The minimum absolute atomic E-state index is 0.0125. The van der Waals surface area contributed by atoms with Crippen molar-refractivity contribution in [3.8, 4) is 5.75 Å². The Morgan fingerprint density at radius 3 is 2.32 bits per heavy atom. The molecule has 2 amide bonds. The van der Waals surface area contributed by atoms with E-state index in [4.69, 9.17) is 4.74 Å². The molecule has 0 fully saturated rings. The molecule has 0 atom stereocenters. The molecule has 0 bridgehead atoms. The minimum Gasteiger partial charge on any atom is -0.484 e. The van der Waals surface area contributed by atoms with Crippen molar-refractivity contribution in [3.05, 3.63) is 59.9 Å². The highest BCUT2D eigenvalue weighted by Crippen LogP contribution is 2.13. The van der Waals surface area contributed by atoms with Gasteiger partial charge in [0.25, 0.3) is 11.8 Å². The Morgan fingerprint density at radius 1 is 1.08 bits per heavy atom. The highest BCUT2D eigenvalue weighted by molar-refractivity contribution is 6.00. The summed E-state index contributed by atoms with van der Waals surface area (Å²) in [5.74, 6) is 0.178. The minimum atomic E-state index is -0.302. The van der Waals surface area contributed by atoms with E-state index in [9.17, 15) is 9.59 Å². The predicted molar refractivity (Wildman–Crippen MR) is 94.5 cm³/mol. The van der Waals surface area contributed by atoms with E-state index in [2.05, 4.69) is 15.5 Å². The van der Waals surface area contributed by atoms with Crippen LogP contribution in [0.1, 0.15) is 22.8 Å². The number of hydrogen-bond acceptors (Lipinski definition) is 5. The summed E-state index contributed by atoms with van der Waals surface area (Å²) in [7, 11) is 3.35. The molecule has 0 aliphatic heterocycles. The lowest BCUT2D eigenvalue weighted by molar-refractivity contribution is -0.130. The van der Waals surface area contributed by atoms with Gasteiger partial charge in [-0.2, -0.15) is 5.10 Å². The van der Waals surface area contributed by atoms with Crippen LogP contribution in [0, 0.1) is 0 Å². The van der Waals surface area contributed by atoms with Gasteiger partial charge in [-0.3, -0.25) is 14.6 Å². The maximum atomic E-state index is 11.9. The fourth-order valence-corrected chi connectivity index (χ4v) is 1.83. The zero-order chi connectivity index (χ0) is 18.2. The van der Waals surface area contributed by atoms with Crippen molar-refractivity contribution in [2.45, 2.75) is 6.92 Å². The molecule has 1 N–H and O–H groups in total. The Kier molecular flexibility index (Phi) is 6.22. The van der Waals surface area contributed by atoms with Crippen molar-refractivity contribution >= 4 is 17.5 Å². The van der Waals surface area contributed by atoms with E-state index in [1.54, 1.807) is 57.7 Å². The first-order valence-electron chi connectivity index (χ1n) is 7.65. The Morgan fingerprint density at radius 2 is 1.72 bits per heavy atom. The van der Waals surface area contributed by atoms with E-state index in [1.807, 2.05) is 12.1 Å². The molecular formula is C18H20N4O3. The number of pyridine rings is 1. The Balaban J connectivity index is 1.94. The van der Waals surface area contributed by atoms with E-state index in [1.165, 1.54) is 4.90 Å². The van der Waals surface area contributed by atoms with Crippen LogP contribution in [0.3, 0.4) is 0 Å². The number of hydrazone groups is 1. The molecule has 1 aromatic heterocycles. The highest BCUT2D eigenvalue weighted by Gasteiger charge is 2.06. The van der Waals surface area contributed by atoms with Crippen LogP contribution >= 0.6 is 0 Å². The molecule has 0 aliphatic rings. The van der Waals surface area contributed by atoms with Crippen molar-refractivity contribution in [1.29, 1.82) is 0 Å². The second kappa shape index (κ2) is 8.58. The van der Waals surface area contributed by atoms with Gasteiger partial charge < -0.3 is 9.64 Å². The van der Waals surface area contributed by atoms with Crippen molar-refractivity contribution in [2.24, 2.45) is 5.10 Å². The number of aromatic nitrogens is 1. The van der Waals surface area contributed by atoms with Crippen LogP contribution in [0.4, 0.5) is 0 Å². The van der Waals surface area contributed by atoms with Gasteiger partial charge in [0.1, 0.15) is 5.75 Å². The summed E-state index contributed by atoms with van der Waals surface area (Å²) in [5, 5.41) is 4.09. The SMILES string of the molecule is C/C(=N\NC(=O)c1ccncc1)c1ccc(OCC(=O)N(C)C)cc1. The quantitative estimate of drug-likeness (QED) is 0.641. The number of amides is 2. The van der Waals surface area contributed by atoms with Crippen LogP contribution < -0.4 is 10.2 Å². The number of carbonyl (C=O) groups is 2.